The zero-order valence-electron chi connectivity index (χ0n) is 21.0. The molecule has 3 N–H and O–H groups in total. The molecule has 0 saturated carbocycles. The Hall–Kier alpha value is -2.00. The minimum absolute atomic E-state index is 0.00320. The van der Waals surface area contributed by atoms with Crippen molar-refractivity contribution in [3.05, 3.63) is 0 Å². The number of esters is 1. The van der Waals surface area contributed by atoms with E-state index >= 15 is 0 Å². The molecule has 2 amide bonds. The standard InChI is InChI=1S/C16H28N4O5.3C2H6/c1-12(21)9-19-7-8-20(10-14(19)11-25-13(2)22)16(24)6-4-3-5-15(23)18-17;3*1-2/h14H,3-11,17H2,1-2H3,(H,18,23);3*1-2H3. The molecular formula is C22H46N4O5. The Morgan fingerprint density at radius 3 is 1.97 bits per heavy atom. The van der Waals surface area contributed by atoms with Crippen LogP contribution in [0.25, 0.3) is 0 Å². The Kier molecular flexibility index (Phi) is 24.6. The smallest absolute Gasteiger partial charge is 0.302 e. The van der Waals surface area contributed by atoms with Gasteiger partial charge in [-0.2, -0.15) is 0 Å². The summed E-state index contributed by atoms with van der Waals surface area (Å²) >= 11 is 0. The van der Waals surface area contributed by atoms with Crippen LogP contribution in [0.5, 0.6) is 0 Å². The van der Waals surface area contributed by atoms with Gasteiger partial charge < -0.3 is 9.64 Å². The number of amides is 2. The summed E-state index contributed by atoms with van der Waals surface area (Å²) in [6.45, 7) is 16.8. The van der Waals surface area contributed by atoms with Crippen molar-refractivity contribution in [1.29, 1.82) is 0 Å². The molecule has 0 aromatic heterocycles. The number of rotatable bonds is 9. The van der Waals surface area contributed by atoms with Crippen LogP contribution in [-0.2, 0) is 23.9 Å². The number of nitrogens with two attached hydrogens (primary N) is 1. The van der Waals surface area contributed by atoms with E-state index in [9.17, 15) is 19.2 Å². The van der Waals surface area contributed by atoms with Crippen LogP contribution >= 0.6 is 0 Å². The second-order valence-corrected chi connectivity index (χ2v) is 6.24. The van der Waals surface area contributed by atoms with Crippen molar-refractivity contribution in [3.63, 3.8) is 0 Å². The predicted octanol–water partition coefficient (Wildman–Crippen LogP) is 2.28. The maximum atomic E-state index is 12.3. The fourth-order valence-electron chi connectivity index (χ4n) is 2.78. The minimum atomic E-state index is -0.385. The molecule has 1 aliphatic heterocycles. The van der Waals surface area contributed by atoms with Crippen LogP contribution in [0.4, 0.5) is 0 Å². The number of carbonyl (C=O) groups is 4. The van der Waals surface area contributed by atoms with Crippen LogP contribution in [-0.4, -0.2) is 72.2 Å². The zero-order valence-corrected chi connectivity index (χ0v) is 21.0. The summed E-state index contributed by atoms with van der Waals surface area (Å²) < 4.78 is 5.07. The lowest BCUT2D eigenvalue weighted by molar-refractivity contribution is -0.145. The van der Waals surface area contributed by atoms with Crippen molar-refractivity contribution in [2.75, 3.05) is 32.8 Å². The molecule has 1 aliphatic rings. The SMILES string of the molecule is CC.CC.CC.CC(=O)CN1CCN(C(=O)CCCCC(=O)NN)CC1COC(C)=O. The second-order valence-electron chi connectivity index (χ2n) is 6.24. The van der Waals surface area contributed by atoms with Crippen molar-refractivity contribution in [2.45, 2.75) is 87.1 Å². The average molecular weight is 447 g/mol. The molecule has 1 rings (SSSR count). The Morgan fingerprint density at radius 1 is 0.935 bits per heavy atom. The molecule has 0 bridgehead atoms. The number of nitrogens with zero attached hydrogens (tertiary/aromatic N) is 2. The summed E-state index contributed by atoms with van der Waals surface area (Å²) in [5, 5.41) is 0. The summed E-state index contributed by atoms with van der Waals surface area (Å²) in [6, 6.07) is -0.187. The number of ether oxygens (including phenoxy) is 1. The highest BCUT2D eigenvalue weighted by molar-refractivity contribution is 5.78. The second kappa shape index (κ2) is 22.7. The first-order valence-electron chi connectivity index (χ1n) is 11.5. The first-order chi connectivity index (χ1) is 14.8. The fraction of sp³-hybridized carbons (Fsp3) is 0.818. The first-order valence-corrected chi connectivity index (χ1v) is 11.5. The number of hydrazine groups is 1. The summed E-state index contributed by atoms with van der Waals surface area (Å²) in [7, 11) is 0. The van der Waals surface area contributed by atoms with Gasteiger partial charge in [0.15, 0.2) is 0 Å². The molecule has 1 heterocycles. The first kappa shape index (κ1) is 33.6. The topological polar surface area (TPSA) is 122 Å². The molecule has 9 nitrogen and oxygen atoms in total. The Labute approximate surface area is 189 Å². The van der Waals surface area contributed by atoms with Crippen molar-refractivity contribution in [3.8, 4) is 0 Å². The van der Waals surface area contributed by atoms with Gasteiger partial charge >= 0.3 is 5.97 Å². The monoisotopic (exact) mass is 446 g/mol. The van der Waals surface area contributed by atoms with Crippen molar-refractivity contribution < 1.29 is 23.9 Å². The highest BCUT2D eigenvalue weighted by atomic mass is 16.5. The molecule has 9 heteroatoms. The highest BCUT2D eigenvalue weighted by Gasteiger charge is 2.30. The van der Waals surface area contributed by atoms with E-state index in [0.717, 1.165) is 0 Å². The van der Waals surface area contributed by atoms with Gasteiger partial charge in [-0.3, -0.25) is 29.5 Å². The summed E-state index contributed by atoms with van der Waals surface area (Å²) in [5.74, 6) is 4.41. The van der Waals surface area contributed by atoms with Gasteiger partial charge in [-0.15, -0.1) is 0 Å². The lowest BCUT2D eigenvalue weighted by Gasteiger charge is -2.40. The van der Waals surface area contributed by atoms with Crippen molar-refractivity contribution in [2.24, 2.45) is 5.84 Å². The molecule has 0 aliphatic carbocycles. The number of carbonyl (C=O) groups excluding carboxylic acids is 4. The van der Waals surface area contributed by atoms with E-state index in [2.05, 4.69) is 5.43 Å². The largest absolute Gasteiger partial charge is 0.464 e. The lowest BCUT2D eigenvalue weighted by Crippen LogP contribution is -2.57. The van der Waals surface area contributed by atoms with Crippen LogP contribution < -0.4 is 11.3 Å². The summed E-state index contributed by atoms with van der Waals surface area (Å²) in [4.78, 5) is 49.5. The third kappa shape index (κ3) is 17.4. The summed E-state index contributed by atoms with van der Waals surface area (Å²) in [5.41, 5.74) is 2.06. The molecule has 1 unspecified atom stereocenters. The van der Waals surface area contributed by atoms with Crippen molar-refractivity contribution in [1.82, 2.24) is 15.2 Å². The van der Waals surface area contributed by atoms with Crippen molar-refractivity contribution >= 4 is 23.6 Å². The van der Waals surface area contributed by atoms with Gasteiger partial charge in [0.1, 0.15) is 12.4 Å². The minimum Gasteiger partial charge on any atom is -0.464 e. The molecule has 1 saturated heterocycles. The molecule has 1 atom stereocenters. The molecular weight excluding hydrogens is 400 g/mol. The van der Waals surface area contributed by atoms with Gasteiger partial charge in [0.2, 0.25) is 11.8 Å². The van der Waals surface area contributed by atoms with Gasteiger partial charge in [0.05, 0.1) is 12.6 Å². The van der Waals surface area contributed by atoms with Gasteiger partial charge in [-0.1, -0.05) is 41.5 Å². The lowest BCUT2D eigenvalue weighted by atomic mass is 10.1. The van der Waals surface area contributed by atoms with Gasteiger partial charge in [0.25, 0.3) is 0 Å². The Bertz CT molecular complexity index is 500. The third-order valence-corrected chi connectivity index (χ3v) is 4.07. The number of ketones is 1. The van der Waals surface area contributed by atoms with Gasteiger partial charge in [0, 0.05) is 39.4 Å². The Morgan fingerprint density at radius 2 is 1.48 bits per heavy atom. The predicted molar refractivity (Wildman–Crippen MR) is 124 cm³/mol. The van der Waals surface area contributed by atoms with Gasteiger partial charge in [-0.25, -0.2) is 5.84 Å². The van der Waals surface area contributed by atoms with E-state index in [4.69, 9.17) is 10.6 Å². The summed E-state index contributed by atoms with van der Waals surface area (Å²) in [6.07, 6.45) is 1.85. The molecule has 0 radical (unpaired) electrons. The Balaban J connectivity index is -0.00000120. The van der Waals surface area contributed by atoms with E-state index < -0.39 is 0 Å². The van der Waals surface area contributed by atoms with Crippen LogP contribution in [0.15, 0.2) is 0 Å². The fourth-order valence-corrected chi connectivity index (χ4v) is 2.78. The number of hydrogen-bond acceptors (Lipinski definition) is 7. The number of nitrogens with one attached hydrogen (secondary N) is 1. The number of piperazine rings is 1. The highest BCUT2D eigenvalue weighted by Crippen LogP contribution is 2.13. The zero-order chi connectivity index (χ0) is 24.8. The molecule has 1 fully saturated rings. The number of Topliss-reactive ketones (excluding diaryl/α,β-unsaturated/α-hetero) is 1. The quantitative estimate of drug-likeness (QED) is 0.183. The van der Waals surface area contributed by atoms with Crippen LogP contribution in [0.2, 0.25) is 0 Å². The molecule has 0 spiro atoms. The van der Waals surface area contributed by atoms with E-state index in [0.29, 0.717) is 45.3 Å². The van der Waals surface area contributed by atoms with Crippen LogP contribution in [0.1, 0.15) is 81.1 Å². The third-order valence-electron chi connectivity index (χ3n) is 4.07. The van der Waals surface area contributed by atoms with Gasteiger partial charge in [-0.05, 0) is 19.8 Å². The molecule has 0 aromatic rings. The number of unbranched alkanes of at least 4 members (excludes halogenated alkanes) is 1. The molecule has 31 heavy (non-hydrogen) atoms. The van der Waals surface area contributed by atoms with E-state index in [1.54, 1.807) is 4.90 Å². The normalized spacial score (nSPS) is 15.0. The maximum Gasteiger partial charge on any atom is 0.302 e. The van der Waals surface area contributed by atoms with E-state index in [1.807, 2.05) is 46.4 Å². The number of hydrogen-bond donors (Lipinski definition) is 2. The van der Waals surface area contributed by atoms with Crippen LogP contribution in [0.3, 0.4) is 0 Å². The van der Waals surface area contributed by atoms with Crippen LogP contribution in [0, 0.1) is 0 Å². The molecule has 0 aromatic carbocycles. The maximum absolute atomic E-state index is 12.3. The molecule has 184 valence electrons. The average Bonchev–Trinajstić information content (AvgIpc) is 2.79. The van der Waals surface area contributed by atoms with E-state index in [1.165, 1.54) is 13.8 Å². The van der Waals surface area contributed by atoms with E-state index in [-0.39, 0.29) is 42.8 Å².